The number of aromatic nitrogens is 1. The number of H-pyrrole nitrogens is 1. The minimum Gasteiger partial charge on any atom is -0.493 e. The van der Waals surface area contributed by atoms with Crippen molar-refractivity contribution in [3.8, 4) is 5.75 Å². The lowest BCUT2D eigenvalue weighted by Crippen LogP contribution is -2.39. The Hall–Kier alpha value is -2.80. The molecule has 1 aromatic heterocycles. The van der Waals surface area contributed by atoms with Crippen LogP contribution in [0.3, 0.4) is 0 Å². The molecule has 0 saturated heterocycles. The van der Waals surface area contributed by atoms with Crippen molar-refractivity contribution in [2.24, 2.45) is 0 Å². The molecule has 2 heterocycles. The minimum absolute atomic E-state index is 0.168. The van der Waals surface area contributed by atoms with Crippen molar-refractivity contribution in [3.63, 3.8) is 0 Å². The number of esters is 1. The number of para-hydroxylation sites is 2. The first-order valence-electron chi connectivity index (χ1n) is 9.04. The molecule has 1 aliphatic rings. The van der Waals surface area contributed by atoms with E-state index in [9.17, 15) is 9.59 Å². The molecule has 0 fully saturated rings. The second-order valence-corrected chi connectivity index (χ2v) is 7.44. The third-order valence-corrected chi connectivity index (χ3v) is 5.60. The van der Waals surface area contributed by atoms with E-state index in [0.29, 0.717) is 17.5 Å². The second-order valence-electron chi connectivity index (χ2n) is 6.64. The molecule has 28 heavy (non-hydrogen) atoms. The summed E-state index contributed by atoms with van der Waals surface area (Å²) >= 11 is 3.43. The predicted octanol–water partition coefficient (Wildman–Crippen LogP) is 4.12. The number of carbonyl (C=O) groups is 2. The van der Waals surface area contributed by atoms with Crippen LogP contribution in [0.1, 0.15) is 35.4 Å². The Morgan fingerprint density at radius 3 is 2.79 bits per heavy atom. The van der Waals surface area contributed by atoms with Crippen molar-refractivity contribution >= 4 is 38.7 Å². The van der Waals surface area contributed by atoms with Crippen LogP contribution >= 0.6 is 15.9 Å². The number of ether oxygens (including phenoxy) is 2. The van der Waals surface area contributed by atoms with Crippen LogP contribution in [0.2, 0.25) is 0 Å². The van der Waals surface area contributed by atoms with Gasteiger partial charge < -0.3 is 19.8 Å². The molecule has 1 aliphatic heterocycles. The molecule has 1 amide bonds. The van der Waals surface area contributed by atoms with Crippen LogP contribution in [-0.2, 0) is 9.53 Å². The van der Waals surface area contributed by atoms with E-state index in [4.69, 9.17) is 9.47 Å². The first kappa shape index (κ1) is 18.6. The van der Waals surface area contributed by atoms with E-state index in [0.717, 1.165) is 22.2 Å². The van der Waals surface area contributed by atoms with Gasteiger partial charge in [0.25, 0.3) is 5.91 Å². The number of benzene rings is 2. The van der Waals surface area contributed by atoms with Gasteiger partial charge in [-0.25, -0.2) is 4.79 Å². The summed E-state index contributed by atoms with van der Waals surface area (Å²) in [5.41, 5.74) is 2.04. The average molecular weight is 443 g/mol. The van der Waals surface area contributed by atoms with Crippen LogP contribution in [0.25, 0.3) is 10.9 Å². The van der Waals surface area contributed by atoms with Crippen LogP contribution in [-0.4, -0.2) is 29.6 Å². The fourth-order valence-electron chi connectivity index (χ4n) is 3.30. The predicted molar refractivity (Wildman–Crippen MR) is 108 cm³/mol. The van der Waals surface area contributed by atoms with Crippen LogP contribution < -0.4 is 10.1 Å². The number of aromatic amines is 1. The van der Waals surface area contributed by atoms with Crippen LogP contribution in [0.15, 0.2) is 53.0 Å². The zero-order chi connectivity index (χ0) is 19.7. The maximum absolute atomic E-state index is 12.6. The van der Waals surface area contributed by atoms with Crippen molar-refractivity contribution in [2.75, 3.05) is 6.61 Å². The number of rotatable bonds is 4. The van der Waals surface area contributed by atoms with Crippen molar-refractivity contribution in [1.82, 2.24) is 10.3 Å². The van der Waals surface area contributed by atoms with E-state index in [-0.39, 0.29) is 17.6 Å². The van der Waals surface area contributed by atoms with Gasteiger partial charge in [-0.2, -0.15) is 0 Å². The molecule has 0 unspecified atom stereocenters. The highest BCUT2D eigenvalue weighted by molar-refractivity contribution is 9.10. The highest BCUT2D eigenvalue weighted by Gasteiger charge is 2.27. The lowest BCUT2D eigenvalue weighted by atomic mass is 10.0. The third kappa shape index (κ3) is 3.49. The number of halogens is 1. The molecule has 0 aliphatic carbocycles. The summed E-state index contributed by atoms with van der Waals surface area (Å²) in [6, 6.07) is 15.0. The molecule has 4 rings (SSSR count). The molecule has 7 heteroatoms. The first-order valence-corrected chi connectivity index (χ1v) is 9.83. The lowest BCUT2D eigenvalue weighted by molar-refractivity contribution is -0.130. The van der Waals surface area contributed by atoms with Gasteiger partial charge in [0.15, 0.2) is 6.10 Å². The van der Waals surface area contributed by atoms with Crippen molar-refractivity contribution in [3.05, 3.63) is 64.3 Å². The molecule has 6 nitrogen and oxygen atoms in total. The quantitative estimate of drug-likeness (QED) is 0.595. The highest BCUT2D eigenvalue weighted by atomic mass is 79.9. The normalized spacial score (nSPS) is 16.7. The molecule has 2 N–H and O–H groups in total. The van der Waals surface area contributed by atoms with Gasteiger partial charge in [0, 0.05) is 22.9 Å². The van der Waals surface area contributed by atoms with Crippen molar-refractivity contribution in [2.45, 2.75) is 25.5 Å². The Labute approximate surface area is 170 Å². The van der Waals surface area contributed by atoms with Crippen molar-refractivity contribution < 1.29 is 19.1 Å². The van der Waals surface area contributed by atoms with E-state index in [1.807, 2.05) is 48.5 Å². The number of fused-ring (bicyclic) bond motifs is 2. The molecule has 2 aromatic carbocycles. The SMILES string of the molecule is C[C@H](OC(=O)c1[nH]c2ccccc2c1Br)C(=O)N[C@@H]1CCOc2ccccc21. The summed E-state index contributed by atoms with van der Waals surface area (Å²) in [5, 5.41) is 3.83. The number of nitrogens with one attached hydrogen (secondary N) is 2. The van der Waals surface area contributed by atoms with Gasteiger partial charge in [0.1, 0.15) is 11.4 Å². The minimum atomic E-state index is -0.930. The summed E-state index contributed by atoms with van der Waals surface area (Å²) in [4.78, 5) is 28.2. The Bertz CT molecular complexity index is 1050. The number of hydrogen-bond donors (Lipinski definition) is 2. The maximum atomic E-state index is 12.6. The van der Waals surface area contributed by atoms with Crippen molar-refractivity contribution in [1.29, 1.82) is 0 Å². The smallest absolute Gasteiger partial charge is 0.356 e. The molecule has 144 valence electrons. The maximum Gasteiger partial charge on any atom is 0.356 e. The monoisotopic (exact) mass is 442 g/mol. The highest BCUT2D eigenvalue weighted by Crippen LogP contribution is 2.32. The molecule has 0 radical (unpaired) electrons. The molecular formula is C21H19BrN2O4. The molecule has 0 bridgehead atoms. The average Bonchev–Trinajstić information content (AvgIpc) is 3.05. The van der Waals surface area contributed by atoms with Crippen LogP contribution in [0.5, 0.6) is 5.75 Å². The summed E-state index contributed by atoms with van der Waals surface area (Å²) in [6.45, 7) is 2.09. The van der Waals surface area contributed by atoms with Crippen LogP contribution in [0.4, 0.5) is 0 Å². The van der Waals surface area contributed by atoms with Crippen LogP contribution in [0, 0.1) is 0 Å². The van der Waals surface area contributed by atoms with Gasteiger partial charge in [-0.1, -0.05) is 36.4 Å². The largest absolute Gasteiger partial charge is 0.493 e. The molecule has 3 aromatic rings. The van der Waals surface area contributed by atoms with E-state index < -0.39 is 12.1 Å². The Morgan fingerprint density at radius 2 is 1.96 bits per heavy atom. The number of carbonyl (C=O) groups excluding carboxylic acids is 2. The summed E-state index contributed by atoms with van der Waals surface area (Å²) in [7, 11) is 0. The molecule has 2 atom stereocenters. The lowest BCUT2D eigenvalue weighted by Gasteiger charge is -2.27. The summed E-state index contributed by atoms with van der Waals surface area (Å²) in [6.07, 6.45) is -0.266. The topological polar surface area (TPSA) is 80.4 Å². The van der Waals surface area contributed by atoms with E-state index in [1.165, 1.54) is 0 Å². The molecule has 0 saturated carbocycles. The van der Waals surface area contributed by atoms with Gasteiger partial charge in [0.05, 0.1) is 17.1 Å². The standard InChI is InChI=1S/C21H19BrN2O4/c1-12(20(25)24-16-10-11-27-17-9-5-3-6-13(16)17)28-21(26)19-18(22)14-7-2-4-8-15(14)23-19/h2-9,12,16,23H,10-11H2,1H3,(H,24,25)/t12-,16+/m0/s1. The number of amides is 1. The first-order chi connectivity index (χ1) is 13.5. The van der Waals surface area contributed by atoms with Gasteiger partial charge in [-0.15, -0.1) is 0 Å². The van der Waals surface area contributed by atoms with Gasteiger partial charge in [-0.05, 0) is 35.0 Å². The fourth-order valence-corrected chi connectivity index (χ4v) is 3.91. The van der Waals surface area contributed by atoms with Gasteiger partial charge in [-0.3, -0.25) is 4.79 Å². The molecule has 0 spiro atoms. The van der Waals surface area contributed by atoms with Gasteiger partial charge in [0.2, 0.25) is 0 Å². The zero-order valence-electron chi connectivity index (χ0n) is 15.2. The fraction of sp³-hybridized carbons (Fsp3) is 0.238. The third-order valence-electron chi connectivity index (χ3n) is 4.77. The van der Waals surface area contributed by atoms with Gasteiger partial charge >= 0.3 is 5.97 Å². The summed E-state index contributed by atoms with van der Waals surface area (Å²) < 4.78 is 11.6. The molecular weight excluding hydrogens is 424 g/mol. The number of hydrogen-bond acceptors (Lipinski definition) is 4. The van der Waals surface area contributed by atoms with E-state index >= 15 is 0 Å². The Balaban J connectivity index is 1.45. The zero-order valence-corrected chi connectivity index (χ0v) is 16.8. The second kappa shape index (κ2) is 7.67. The Kier molecular flexibility index (Phi) is 5.09. The van der Waals surface area contributed by atoms with E-state index in [2.05, 4.69) is 26.2 Å². The summed E-state index contributed by atoms with van der Waals surface area (Å²) in [5.74, 6) is -0.161. The Morgan fingerprint density at radius 1 is 1.21 bits per heavy atom. The van der Waals surface area contributed by atoms with E-state index in [1.54, 1.807) is 6.92 Å².